The zero-order valence-corrected chi connectivity index (χ0v) is 14.6. The minimum absolute atomic E-state index is 0.254. The van der Waals surface area contributed by atoms with Crippen LogP contribution >= 0.6 is 0 Å². The maximum atomic E-state index is 11.9. The van der Waals surface area contributed by atoms with E-state index >= 15 is 0 Å². The second-order valence-corrected chi connectivity index (χ2v) is 6.26. The molecule has 0 atom stereocenters. The van der Waals surface area contributed by atoms with Crippen molar-refractivity contribution in [1.82, 2.24) is 15.5 Å². The van der Waals surface area contributed by atoms with Gasteiger partial charge in [-0.15, -0.1) is 0 Å². The molecule has 130 valence electrons. The van der Waals surface area contributed by atoms with Crippen LogP contribution in [0.15, 0.2) is 42.5 Å². The average Bonchev–Trinajstić information content (AvgIpc) is 3.02. The summed E-state index contributed by atoms with van der Waals surface area (Å²) in [5.41, 5.74) is 2.87. The number of aromatic nitrogens is 2. The molecule has 6 nitrogen and oxygen atoms in total. The summed E-state index contributed by atoms with van der Waals surface area (Å²) in [5.74, 6) is 1.72. The van der Waals surface area contributed by atoms with Crippen LogP contribution in [0.25, 0.3) is 22.0 Å². The Balaban J connectivity index is 1.85. The molecular weight excluding hydrogens is 316 g/mol. The van der Waals surface area contributed by atoms with Crippen LogP contribution in [0.4, 0.5) is 10.6 Å². The minimum Gasteiger partial charge on any atom is -0.496 e. The van der Waals surface area contributed by atoms with E-state index in [2.05, 4.69) is 20.8 Å². The van der Waals surface area contributed by atoms with Gasteiger partial charge in [-0.2, -0.15) is 5.10 Å². The Hall–Kier alpha value is -3.02. The van der Waals surface area contributed by atoms with E-state index in [1.54, 1.807) is 7.11 Å². The van der Waals surface area contributed by atoms with Gasteiger partial charge in [0, 0.05) is 17.5 Å². The Bertz CT molecular complexity index is 886. The Morgan fingerprint density at radius 2 is 2.04 bits per heavy atom. The van der Waals surface area contributed by atoms with Crippen molar-refractivity contribution >= 4 is 22.8 Å². The highest BCUT2D eigenvalue weighted by atomic mass is 16.5. The minimum atomic E-state index is -0.254. The zero-order chi connectivity index (χ0) is 17.8. The van der Waals surface area contributed by atoms with Gasteiger partial charge in [-0.1, -0.05) is 38.1 Å². The number of carbonyl (C=O) groups is 1. The first-order valence-electron chi connectivity index (χ1n) is 8.25. The number of H-pyrrole nitrogens is 1. The summed E-state index contributed by atoms with van der Waals surface area (Å²) < 4.78 is 5.42. The summed E-state index contributed by atoms with van der Waals surface area (Å²) in [6, 6.07) is 13.5. The molecule has 3 rings (SSSR count). The van der Waals surface area contributed by atoms with Crippen molar-refractivity contribution in [1.29, 1.82) is 0 Å². The lowest BCUT2D eigenvalue weighted by Gasteiger charge is -2.09. The number of nitrogens with one attached hydrogen (secondary N) is 3. The Morgan fingerprint density at radius 3 is 2.80 bits per heavy atom. The van der Waals surface area contributed by atoms with Crippen LogP contribution in [-0.2, 0) is 0 Å². The van der Waals surface area contributed by atoms with Crippen LogP contribution in [0, 0.1) is 5.92 Å². The molecule has 0 aliphatic heterocycles. The fourth-order valence-electron chi connectivity index (χ4n) is 2.61. The summed E-state index contributed by atoms with van der Waals surface area (Å²) in [7, 11) is 1.66. The van der Waals surface area contributed by atoms with Crippen LogP contribution in [-0.4, -0.2) is 29.9 Å². The topological polar surface area (TPSA) is 79.0 Å². The van der Waals surface area contributed by atoms with Crippen molar-refractivity contribution in [3.63, 3.8) is 0 Å². The molecule has 0 bridgehead atoms. The molecule has 1 aromatic heterocycles. The lowest BCUT2D eigenvalue weighted by Crippen LogP contribution is -2.31. The quantitative estimate of drug-likeness (QED) is 0.657. The third-order valence-corrected chi connectivity index (χ3v) is 3.88. The number of benzene rings is 2. The van der Waals surface area contributed by atoms with Crippen molar-refractivity contribution in [2.24, 2.45) is 5.92 Å². The number of urea groups is 1. The molecule has 3 aromatic rings. The zero-order valence-electron chi connectivity index (χ0n) is 14.6. The standard InChI is InChI=1S/C19H22N4O2/c1-12(2)11-20-19(24)21-18-15-9-8-13(10-16(15)22-23-18)14-6-4-5-7-17(14)25-3/h4-10,12H,11H2,1-3H3,(H3,20,21,22,23,24). The molecule has 0 aliphatic rings. The van der Waals surface area contributed by atoms with Crippen molar-refractivity contribution < 1.29 is 9.53 Å². The van der Waals surface area contributed by atoms with Crippen LogP contribution in [0.5, 0.6) is 5.75 Å². The summed E-state index contributed by atoms with van der Waals surface area (Å²) in [5, 5.41) is 13.6. The first-order valence-corrected chi connectivity index (χ1v) is 8.25. The van der Waals surface area contributed by atoms with E-state index in [4.69, 9.17) is 4.74 Å². The molecular formula is C19H22N4O2. The predicted molar refractivity (Wildman–Crippen MR) is 99.9 cm³/mol. The number of ether oxygens (including phenoxy) is 1. The van der Waals surface area contributed by atoms with E-state index in [9.17, 15) is 4.79 Å². The number of fused-ring (bicyclic) bond motifs is 1. The van der Waals surface area contributed by atoms with Gasteiger partial charge in [0.2, 0.25) is 0 Å². The highest BCUT2D eigenvalue weighted by molar-refractivity contribution is 6.00. The molecule has 0 unspecified atom stereocenters. The average molecular weight is 338 g/mol. The third kappa shape index (κ3) is 3.74. The third-order valence-electron chi connectivity index (χ3n) is 3.88. The Morgan fingerprint density at radius 1 is 1.24 bits per heavy atom. The van der Waals surface area contributed by atoms with E-state index < -0.39 is 0 Å². The SMILES string of the molecule is COc1ccccc1-c1ccc2c(NC(=O)NCC(C)C)n[nH]c2c1. The van der Waals surface area contributed by atoms with Crippen molar-refractivity contribution in [3.05, 3.63) is 42.5 Å². The molecule has 0 saturated carbocycles. The molecule has 0 spiro atoms. The molecule has 3 N–H and O–H groups in total. The lowest BCUT2D eigenvalue weighted by atomic mass is 10.0. The van der Waals surface area contributed by atoms with E-state index in [1.165, 1.54) is 0 Å². The number of para-hydroxylation sites is 1. The molecule has 0 fully saturated rings. The van der Waals surface area contributed by atoms with E-state index in [0.29, 0.717) is 18.3 Å². The van der Waals surface area contributed by atoms with Gasteiger partial charge >= 0.3 is 6.03 Å². The van der Waals surface area contributed by atoms with Gasteiger partial charge in [0.05, 0.1) is 12.6 Å². The molecule has 0 radical (unpaired) electrons. The number of hydrogen-bond donors (Lipinski definition) is 3. The second-order valence-electron chi connectivity index (χ2n) is 6.26. The van der Waals surface area contributed by atoms with Gasteiger partial charge < -0.3 is 10.1 Å². The second kappa shape index (κ2) is 7.25. The summed E-state index contributed by atoms with van der Waals surface area (Å²) in [4.78, 5) is 11.9. The number of nitrogens with zero attached hydrogens (tertiary/aromatic N) is 1. The first-order chi connectivity index (χ1) is 12.1. The van der Waals surface area contributed by atoms with Gasteiger partial charge in [-0.25, -0.2) is 4.79 Å². The highest BCUT2D eigenvalue weighted by Gasteiger charge is 2.12. The fourth-order valence-corrected chi connectivity index (χ4v) is 2.61. The fraction of sp³-hybridized carbons (Fsp3) is 0.263. The van der Waals surface area contributed by atoms with E-state index in [1.807, 2.05) is 56.3 Å². The van der Waals surface area contributed by atoms with Gasteiger partial charge in [0.25, 0.3) is 0 Å². The largest absolute Gasteiger partial charge is 0.496 e. The van der Waals surface area contributed by atoms with Gasteiger partial charge in [-0.05, 0) is 29.7 Å². The van der Waals surface area contributed by atoms with Crippen molar-refractivity contribution in [2.75, 3.05) is 19.0 Å². The smallest absolute Gasteiger partial charge is 0.320 e. The van der Waals surface area contributed by atoms with Crippen LogP contribution < -0.4 is 15.4 Å². The lowest BCUT2D eigenvalue weighted by molar-refractivity contribution is 0.251. The van der Waals surface area contributed by atoms with Gasteiger partial charge in [0.1, 0.15) is 5.75 Å². The molecule has 0 aliphatic carbocycles. The number of rotatable bonds is 5. The summed E-state index contributed by atoms with van der Waals surface area (Å²) in [6.07, 6.45) is 0. The van der Waals surface area contributed by atoms with Gasteiger partial charge in [0.15, 0.2) is 5.82 Å². The number of anilines is 1. The van der Waals surface area contributed by atoms with Crippen LogP contribution in [0.1, 0.15) is 13.8 Å². The van der Waals surface area contributed by atoms with Crippen LogP contribution in [0.3, 0.4) is 0 Å². The van der Waals surface area contributed by atoms with E-state index in [0.717, 1.165) is 27.8 Å². The molecule has 2 aromatic carbocycles. The van der Waals surface area contributed by atoms with Crippen LogP contribution in [0.2, 0.25) is 0 Å². The normalized spacial score (nSPS) is 10.9. The Kier molecular flexibility index (Phi) is 4.88. The van der Waals surface area contributed by atoms with Crippen molar-refractivity contribution in [2.45, 2.75) is 13.8 Å². The number of hydrogen-bond acceptors (Lipinski definition) is 3. The number of amides is 2. The monoisotopic (exact) mass is 338 g/mol. The maximum absolute atomic E-state index is 11.9. The predicted octanol–water partition coefficient (Wildman–Crippen LogP) is 4.02. The van der Waals surface area contributed by atoms with E-state index in [-0.39, 0.29) is 6.03 Å². The molecule has 6 heteroatoms. The summed E-state index contributed by atoms with van der Waals surface area (Å²) >= 11 is 0. The van der Waals surface area contributed by atoms with Gasteiger partial charge in [-0.3, -0.25) is 10.4 Å². The summed E-state index contributed by atoms with van der Waals surface area (Å²) in [6.45, 7) is 4.71. The maximum Gasteiger partial charge on any atom is 0.320 e. The molecule has 2 amide bonds. The number of carbonyl (C=O) groups excluding carboxylic acids is 1. The molecule has 1 heterocycles. The Labute approximate surface area is 146 Å². The molecule has 0 saturated heterocycles. The number of methoxy groups -OCH3 is 1. The first kappa shape index (κ1) is 16.8. The number of aromatic amines is 1. The highest BCUT2D eigenvalue weighted by Crippen LogP contribution is 2.32. The molecule has 25 heavy (non-hydrogen) atoms. The van der Waals surface area contributed by atoms with Crippen molar-refractivity contribution in [3.8, 4) is 16.9 Å².